The van der Waals surface area contributed by atoms with Crippen LogP contribution in [0.4, 0.5) is 5.82 Å². The van der Waals surface area contributed by atoms with Crippen LogP contribution >= 0.6 is 22.9 Å². The number of thiazole rings is 1. The highest BCUT2D eigenvalue weighted by atomic mass is 35.5. The van der Waals surface area contributed by atoms with Gasteiger partial charge in [0, 0.05) is 48.8 Å². The number of carbonyl (C=O) groups excluding carboxylic acids is 1. The Morgan fingerprint density at radius 2 is 1.95 bits per heavy atom. The maximum Gasteiger partial charge on any atom is 0.306 e. The van der Waals surface area contributed by atoms with Crippen molar-refractivity contribution in [1.82, 2.24) is 19.9 Å². The summed E-state index contributed by atoms with van der Waals surface area (Å²) in [6.45, 7) is 7.90. The molecule has 2 aliphatic heterocycles. The van der Waals surface area contributed by atoms with Gasteiger partial charge in [-0.15, -0.1) is 11.3 Å². The van der Waals surface area contributed by atoms with Crippen LogP contribution in [-0.4, -0.2) is 75.6 Å². The molecule has 0 saturated carbocycles. The van der Waals surface area contributed by atoms with E-state index in [0.29, 0.717) is 42.5 Å². The zero-order valence-corrected chi connectivity index (χ0v) is 25.3. The van der Waals surface area contributed by atoms with E-state index in [2.05, 4.69) is 21.8 Å². The summed E-state index contributed by atoms with van der Waals surface area (Å²) in [6.07, 6.45) is 6.49. The fourth-order valence-electron chi connectivity index (χ4n) is 5.63. The molecule has 2 fully saturated rings. The molecule has 0 radical (unpaired) electrons. The first-order chi connectivity index (χ1) is 19.6. The molecule has 0 aliphatic carbocycles. The molecular weight excluding hydrogens is 574 g/mol. The average Bonchev–Trinajstić information content (AvgIpc) is 3.36. The maximum atomic E-state index is 13.2. The van der Waals surface area contributed by atoms with E-state index in [4.69, 9.17) is 21.3 Å². The van der Waals surface area contributed by atoms with Crippen molar-refractivity contribution < 1.29 is 19.4 Å². The second kappa shape index (κ2) is 13.6. The van der Waals surface area contributed by atoms with Gasteiger partial charge in [-0.25, -0.2) is 15.0 Å². The fourth-order valence-corrected chi connectivity index (χ4v) is 6.87. The summed E-state index contributed by atoms with van der Waals surface area (Å²) in [7, 11) is 1.78. The molecule has 9 nitrogen and oxygen atoms in total. The van der Waals surface area contributed by atoms with Gasteiger partial charge in [-0.1, -0.05) is 25.1 Å². The molecule has 2 aliphatic rings. The third-order valence-corrected chi connectivity index (χ3v) is 9.64. The summed E-state index contributed by atoms with van der Waals surface area (Å²) >= 11 is 7.87. The Balaban J connectivity index is 0.00000405. The number of aromatic nitrogens is 3. The van der Waals surface area contributed by atoms with E-state index in [9.17, 15) is 14.7 Å². The van der Waals surface area contributed by atoms with Gasteiger partial charge in [-0.05, 0) is 63.8 Å². The predicted octanol–water partition coefficient (Wildman–Crippen LogP) is 5.93. The van der Waals surface area contributed by atoms with Crippen molar-refractivity contribution in [1.29, 1.82) is 0 Å². The van der Waals surface area contributed by atoms with Crippen LogP contribution in [0, 0.1) is 12.8 Å². The molecule has 2 saturated heterocycles. The molecule has 1 unspecified atom stereocenters. The molecule has 0 spiro atoms. The summed E-state index contributed by atoms with van der Waals surface area (Å²) in [5.41, 5.74) is 2.97. The number of carboxylic acids is 1. The van der Waals surface area contributed by atoms with Crippen molar-refractivity contribution in [2.45, 2.75) is 65.5 Å². The Labute approximate surface area is 256 Å². The SMILES string of the molecule is C.COC1(C)CCCN(Cc2sc(CC(=O)c3cnc(N4CCC(C(=O)O)CC4)cn3)nc2-c2ccc(Cl)c(C)c2)C1. The number of methoxy groups -OCH3 is 1. The Morgan fingerprint density at radius 3 is 2.60 bits per heavy atom. The first-order valence-corrected chi connectivity index (χ1v) is 15.2. The van der Waals surface area contributed by atoms with Crippen molar-refractivity contribution in [3.05, 3.63) is 56.8 Å². The largest absolute Gasteiger partial charge is 0.481 e. The Bertz CT molecular complexity index is 1410. The number of ether oxygens (including phenoxy) is 1. The van der Waals surface area contributed by atoms with E-state index in [1.165, 1.54) is 6.20 Å². The smallest absolute Gasteiger partial charge is 0.306 e. The molecule has 11 heteroatoms. The summed E-state index contributed by atoms with van der Waals surface area (Å²) in [4.78, 5) is 43.8. The van der Waals surface area contributed by atoms with Crippen LogP contribution in [0.1, 0.15) is 66.0 Å². The van der Waals surface area contributed by atoms with Crippen LogP contribution in [0.2, 0.25) is 5.02 Å². The highest BCUT2D eigenvalue weighted by Crippen LogP contribution is 2.34. The molecule has 0 bridgehead atoms. The number of aryl methyl sites for hydroxylation is 1. The van der Waals surface area contributed by atoms with Gasteiger partial charge in [0.1, 0.15) is 16.5 Å². The molecule has 5 rings (SSSR count). The highest BCUT2D eigenvalue weighted by Gasteiger charge is 2.32. The highest BCUT2D eigenvalue weighted by molar-refractivity contribution is 7.12. The number of rotatable bonds is 9. The van der Waals surface area contributed by atoms with Crippen molar-refractivity contribution in [2.24, 2.45) is 5.92 Å². The number of hydrogen-bond donors (Lipinski definition) is 1. The van der Waals surface area contributed by atoms with Crippen molar-refractivity contribution in [2.75, 3.05) is 38.2 Å². The van der Waals surface area contributed by atoms with E-state index in [1.807, 2.05) is 30.0 Å². The third kappa shape index (κ3) is 7.34. The van der Waals surface area contributed by atoms with E-state index < -0.39 is 5.97 Å². The van der Waals surface area contributed by atoms with Gasteiger partial charge in [0.05, 0.1) is 36.0 Å². The van der Waals surface area contributed by atoms with Gasteiger partial charge in [-0.3, -0.25) is 14.5 Å². The second-order valence-electron chi connectivity index (χ2n) is 11.3. The van der Waals surface area contributed by atoms with Crippen molar-refractivity contribution in [3.63, 3.8) is 0 Å². The molecule has 4 heterocycles. The summed E-state index contributed by atoms with van der Waals surface area (Å²) in [6, 6.07) is 5.92. The topological polar surface area (TPSA) is 109 Å². The lowest BCUT2D eigenvalue weighted by Crippen LogP contribution is -2.46. The second-order valence-corrected chi connectivity index (χ2v) is 12.8. The minimum Gasteiger partial charge on any atom is -0.481 e. The number of piperidine rings is 2. The van der Waals surface area contributed by atoms with E-state index in [1.54, 1.807) is 24.6 Å². The number of hydrogen-bond acceptors (Lipinski definition) is 9. The van der Waals surface area contributed by atoms with E-state index in [0.717, 1.165) is 59.2 Å². The van der Waals surface area contributed by atoms with Gasteiger partial charge in [0.2, 0.25) is 0 Å². The minimum absolute atomic E-state index is 0. The lowest BCUT2D eigenvalue weighted by molar-refractivity contribution is -0.142. The molecule has 1 N–H and O–H groups in total. The molecule has 0 amide bonds. The lowest BCUT2D eigenvalue weighted by atomic mass is 9.94. The number of nitrogens with zero attached hydrogens (tertiary/aromatic N) is 5. The fraction of sp³-hybridized carbons (Fsp3) is 0.516. The number of ketones is 1. The van der Waals surface area contributed by atoms with Crippen LogP contribution in [0.3, 0.4) is 0 Å². The van der Waals surface area contributed by atoms with Gasteiger partial charge in [0.15, 0.2) is 5.78 Å². The van der Waals surface area contributed by atoms with Crippen LogP contribution in [0.5, 0.6) is 0 Å². The molecule has 1 aromatic carbocycles. The van der Waals surface area contributed by atoms with E-state index in [-0.39, 0.29) is 31.1 Å². The Hall–Kier alpha value is -2.92. The number of benzene rings is 1. The van der Waals surface area contributed by atoms with E-state index >= 15 is 0 Å². The minimum atomic E-state index is -0.749. The summed E-state index contributed by atoms with van der Waals surface area (Å²) in [5, 5.41) is 10.7. The average molecular weight is 614 g/mol. The quantitative estimate of drug-likeness (QED) is 0.294. The maximum absolute atomic E-state index is 13.2. The number of halogens is 1. The van der Waals surface area contributed by atoms with Gasteiger partial charge in [0.25, 0.3) is 0 Å². The first kappa shape index (κ1) is 32.0. The van der Waals surface area contributed by atoms with Crippen LogP contribution < -0.4 is 4.90 Å². The van der Waals surface area contributed by atoms with Crippen molar-refractivity contribution >= 4 is 40.5 Å². The third-order valence-electron chi connectivity index (χ3n) is 8.17. The number of carbonyl (C=O) groups is 2. The van der Waals surface area contributed by atoms with Gasteiger partial charge in [-0.2, -0.15) is 0 Å². The van der Waals surface area contributed by atoms with Gasteiger partial charge < -0.3 is 14.7 Å². The standard InChI is InChI=1S/C30H36ClN5O4S.CH4/c1-19-13-21(5-6-22(19)31)28-25(17-35-10-4-9-30(2,18-35)40-3)41-27(34-28)14-24(37)23-15-33-26(16-32-23)36-11-7-20(8-12-36)29(38)39;/h5-6,13,15-16,20H,4,7-12,14,17-18H2,1-3H3,(H,38,39);1H4. The van der Waals surface area contributed by atoms with Crippen LogP contribution in [0.15, 0.2) is 30.6 Å². The van der Waals surface area contributed by atoms with Crippen LogP contribution in [0.25, 0.3) is 11.3 Å². The summed E-state index contributed by atoms with van der Waals surface area (Å²) < 4.78 is 5.81. The molecule has 3 aromatic rings. The first-order valence-electron chi connectivity index (χ1n) is 14.0. The molecular formula is C31H40ClN5O4S. The zero-order valence-electron chi connectivity index (χ0n) is 23.7. The molecule has 226 valence electrons. The summed E-state index contributed by atoms with van der Waals surface area (Å²) in [5.74, 6) is -0.547. The number of aliphatic carboxylic acids is 1. The monoisotopic (exact) mass is 613 g/mol. The number of Topliss-reactive ketones (excluding diaryl/α,β-unsaturated/α-hetero) is 1. The number of likely N-dealkylation sites (tertiary alicyclic amines) is 1. The molecule has 42 heavy (non-hydrogen) atoms. The Kier molecular flexibility index (Phi) is 10.4. The lowest BCUT2D eigenvalue weighted by Gasteiger charge is -2.39. The van der Waals surface area contributed by atoms with Gasteiger partial charge >= 0.3 is 5.97 Å². The number of anilines is 1. The van der Waals surface area contributed by atoms with Crippen molar-refractivity contribution in [3.8, 4) is 11.3 Å². The zero-order chi connectivity index (χ0) is 29.1. The van der Waals surface area contributed by atoms with Crippen LogP contribution in [-0.2, 0) is 22.5 Å². The Morgan fingerprint density at radius 1 is 1.19 bits per heavy atom. The predicted molar refractivity (Wildman–Crippen MR) is 167 cm³/mol. The molecule has 1 atom stereocenters. The number of carboxylic acid groups (broad SMARTS) is 1. The normalized spacial score (nSPS) is 19.9. The molecule has 2 aromatic heterocycles.